The van der Waals surface area contributed by atoms with Crippen LogP contribution in [0.4, 0.5) is 26.2 Å². The molecule has 44 heavy (non-hydrogen) atoms. The average Bonchev–Trinajstić information content (AvgIpc) is 2.99. The molecular weight excluding hydrogens is 567 g/mol. The van der Waals surface area contributed by atoms with Crippen LogP contribution in [0.15, 0.2) is 72.8 Å². The van der Waals surface area contributed by atoms with Crippen LogP contribution in [0.5, 0.6) is 0 Å². The minimum atomic E-state index is -0.608. The first-order valence-electron chi connectivity index (χ1n) is 14.4. The molecular formula is C33H37FN4O6. The largest absolute Gasteiger partial charge is 0.465 e. The molecule has 1 fully saturated rings. The number of anilines is 3. The molecule has 0 aromatic heterocycles. The van der Waals surface area contributed by atoms with Crippen LogP contribution in [0.25, 0.3) is 0 Å². The highest BCUT2D eigenvalue weighted by Crippen LogP contribution is 2.23. The number of hydrogen-bond donors (Lipinski definition) is 1. The lowest BCUT2D eigenvalue weighted by atomic mass is 10.1. The Kier molecular flexibility index (Phi) is 10.2. The molecule has 3 aromatic rings. The monoisotopic (exact) mass is 604 g/mol. The Morgan fingerprint density at radius 2 is 1.55 bits per heavy atom. The van der Waals surface area contributed by atoms with Crippen molar-refractivity contribution in [3.05, 3.63) is 89.7 Å². The van der Waals surface area contributed by atoms with Gasteiger partial charge in [-0.1, -0.05) is 6.07 Å². The van der Waals surface area contributed by atoms with Crippen LogP contribution in [0, 0.1) is 5.82 Å². The van der Waals surface area contributed by atoms with E-state index in [2.05, 4.69) is 10.2 Å². The SMILES string of the molecule is CCOC(=O)CN(C(=O)c1cccc(F)c1)c1ccc(NC(=O)c2ccc(N3CCN(C(=O)OC(C)(C)C)CC3)cc2)cc1. The standard InChI is InChI=1S/C33H37FN4O6/c1-5-43-29(39)22-38(31(41)24-7-6-8-25(34)21-24)28-15-11-26(12-16-28)35-30(40)23-9-13-27(14-10-23)36-17-19-37(20-18-36)32(42)44-33(2,3)4/h6-16,21H,5,17-20,22H2,1-4H3,(H,35,40). The molecule has 1 N–H and O–H groups in total. The summed E-state index contributed by atoms with van der Waals surface area (Å²) in [5.41, 5.74) is 1.80. The van der Waals surface area contributed by atoms with E-state index in [1.165, 1.54) is 23.1 Å². The Morgan fingerprint density at radius 3 is 2.14 bits per heavy atom. The Balaban J connectivity index is 1.38. The zero-order valence-corrected chi connectivity index (χ0v) is 25.3. The Bertz CT molecular complexity index is 1480. The summed E-state index contributed by atoms with van der Waals surface area (Å²) in [4.78, 5) is 55.7. The van der Waals surface area contributed by atoms with Crippen molar-refractivity contribution >= 4 is 40.9 Å². The highest BCUT2D eigenvalue weighted by molar-refractivity contribution is 6.08. The number of carbonyl (C=O) groups is 4. The molecule has 1 saturated heterocycles. The third kappa shape index (κ3) is 8.56. The van der Waals surface area contributed by atoms with E-state index in [9.17, 15) is 23.6 Å². The molecule has 1 heterocycles. The van der Waals surface area contributed by atoms with Gasteiger partial charge in [-0.05, 0) is 94.4 Å². The van der Waals surface area contributed by atoms with E-state index in [0.29, 0.717) is 43.1 Å². The molecule has 3 aromatic carbocycles. The van der Waals surface area contributed by atoms with Gasteiger partial charge in [0.1, 0.15) is 18.0 Å². The lowest BCUT2D eigenvalue weighted by Gasteiger charge is -2.36. The fourth-order valence-corrected chi connectivity index (χ4v) is 4.62. The Hall–Kier alpha value is -4.93. The van der Waals surface area contributed by atoms with Crippen molar-refractivity contribution in [2.24, 2.45) is 0 Å². The van der Waals surface area contributed by atoms with Crippen molar-refractivity contribution in [2.45, 2.75) is 33.3 Å². The molecule has 3 amide bonds. The molecule has 10 nitrogen and oxygen atoms in total. The number of hydrogen-bond acceptors (Lipinski definition) is 7. The van der Waals surface area contributed by atoms with Crippen molar-refractivity contribution in [2.75, 3.05) is 54.4 Å². The van der Waals surface area contributed by atoms with Gasteiger partial charge in [-0.15, -0.1) is 0 Å². The lowest BCUT2D eigenvalue weighted by molar-refractivity contribution is -0.141. The van der Waals surface area contributed by atoms with E-state index in [4.69, 9.17) is 9.47 Å². The summed E-state index contributed by atoms with van der Waals surface area (Å²) in [7, 11) is 0. The second kappa shape index (κ2) is 14.0. The first kappa shape index (κ1) is 32.0. The maximum Gasteiger partial charge on any atom is 0.410 e. The molecule has 0 bridgehead atoms. The van der Waals surface area contributed by atoms with E-state index >= 15 is 0 Å². The number of nitrogens with one attached hydrogen (secondary N) is 1. The minimum Gasteiger partial charge on any atom is -0.465 e. The smallest absolute Gasteiger partial charge is 0.410 e. The van der Waals surface area contributed by atoms with Gasteiger partial charge in [-0.25, -0.2) is 9.18 Å². The predicted molar refractivity (Wildman–Crippen MR) is 166 cm³/mol. The van der Waals surface area contributed by atoms with Crippen LogP contribution < -0.4 is 15.1 Å². The number of nitrogens with zero attached hydrogens (tertiary/aromatic N) is 3. The van der Waals surface area contributed by atoms with Crippen LogP contribution in [-0.2, 0) is 14.3 Å². The van der Waals surface area contributed by atoms with Gasteiger partial charge in [0.2, 0.25) is 0 Å². The summed E-state index contributed by atoms with van der Waals surface area (Å²) in [5, 5.41) is 2.83. The average molecular weight is 605 g/mol. The van der Waals surface area contributed by atoms with E-state index in [0.717, 1.165) is 11.8 Å². The van der Waals surface area contributed by atoms with E-state index in [-0.39, 0.29) is 30.7 Å². The van der Waals surface area contributed by atoms with Crippen LogP contribution in [-0.4, -0.2) is 73.7 Å². The first-order chi connectivity index (χ1) is 20.9. The van der Waals surface area contributed by atoms with Gasteiger partial charge in [-0.2, -0.15) is 0 Å². The summed E-state index contributed by atoms with van der Waals surface area (Å²) in [5.74, 6) is -2.07. The molecule has 4 rings (SSSR count). The third-order valence-electron chi connectivity index (χ3n) is 6.77. The number of carbonyl (C=O) groups excluding carboxylic acids is 4. The zero-order chi connectivity index (χ0) is 31.9. The number of rotatable bonds is 8. The van der Waals surface area contributed by atoms with Gasteiger partial charge in [0.15, 0.2) is 0 Å². The van der Waals surface area contributed by atoms with Gasteiger partial charge in [0.05, 0.1) is 6.61 Å². The number of ether oxygens (including phenoxy) is 2. The van der Waals surface area contributed by atoms with Crippen LogP contribution in [0.3, 0.4) is 0 Å². The van der Waals surface area contributed by atoms with Crippen molar-refractivity contribution in [1.29, 1.82) is 0 Å². The van der Waals surface area contributed by atoms with Gasteiger partial charge in [0, 0.05) is 54.4 Å². The van der Waals surface area contributed by atoms with Gasteiger partial charge >= 0.3 is 12.1 Å². The zero-order valence-electron chi connectivity index (χ0n) is 25.3. The van der Waals surface area contributed by atoms with Gasteiger partial charge < -0.3 is 24.6 Å². The van der Waals surface area contributed by atoms with Crippen LogP contribution in [0.2, 0.25) is 0 Å². The second-order valence-electron chi connectivity index (χ2n) is 11.2. The minimum absolute atomic E-state index is 0.0834. The quantitative estimate of drug-likeness (QED) is 0.346. The number of benzene rings is 3. The molecule has 0 saturated carbocycles. The van der Waals surface area contributed by atoms with Gasteiger partial charge in [-0.3, -0.25) is 19.3 Å². The third-order valence-corrected chi connectivity index (χ3v) is 6.77. The highest BCUT2D eigenvalue weighted by Gasteiger charge is 2.26. The van der Waals surface area contributed by atoms with Crippen molar-refractivity contribution in [3.8, 4) is 0 Å². The van der Waals surface area contributed by atoms with Crippen LogP contribution >= 0.6 is 0 Å². The summed E-state index contributed by atoms with van der Waals surface area (Å²) < 4.78 is 24.2. The normalized spacial score (nSPS) is 13.2. The Morgan fingerprint density at radius 1 is 0.886 bits per heavy atom. The van der Waals surface area contributed by atoms with Crippen LogP contribution in [0.1, 0.15) is 48.4 Å². The fourth-order valence-electron chi connectivity index (χ4n) is 4.62. The van der Waals surface area contributed by atoms with E-state index in [1.54, 1.807) is 48.2 Å². The Labute approximate surface area is 256 Å². The molecule has 1 aliphatic heterocycles. The molecule has 0 spiro atoms. The van der Waals surface area contributed by atoms with E-state index < -0.39 is 23.3 Å². The molecule has 1 aliphatic rings. The topological polar surface area (TPSA) is 108 Å². The maximum absolute atomic E-state index is 13.8. The maximum atomic E-state index is 13.8. The molecule has 0 atom stereocenters. The van der Waals surface area contributed by atoms with Crippen molar-refractivity contribution in [3.63, 3.8) is 0 Å². The predicted octanol–water partition coefficient (Wildman–Crippen LogP) is 5.35. The molecule has 11 heteroatoms. The first-order valence-corrected chi connectivity index (χ1v) is 14.4. The van der Waals surface area contributed by atoms with Gasteiger partial charge in [0.25, 0.3) is 11.8 Å². The van der Waals surface area contributed by atoms with E-state index in [1.807, 2.05) is 32.9 Å². The number of esters is 1. The number of halogens is 1. The summed E-state index contributed by atoms with van der Waals surface area (Å²) in [6.07, 6.45) is -0.318. The number of amides is 3. The summed E-state index contributed by atoms with van der Waals surface area (Å²) in [6.45, 7) is 9.35. The molecule has 0 aliphatic carbocycles. The summed E-state index contributed by atoms with van der Waals surface area (Å²) >= 11 is 0. The molecule has 0 unspecified atom stereocenters. The van der Waals surface area contributed by atoms with Crippen molar-refractivity contribution in [1.82, 2.24) is 4.90 Å². The molecule has 232 valence electrons. The summed E-state index contributed by atoms with van der Waals surface area (Å²) in [6, 6.07) is 18.8. The lowest BCUT2D eigenvalue weighted by Crippen LogP contribution is -2.50. The fraction of sp³-hybridized carbons (Fsp3) is 0.333. The highest BCUT2D eigenvalue weighted by atomic mass is 19.1. The number of piperazine rings is 1. The second-order valence-corrected chi connectivity index (χ2v) is 11.2. The van der Waals surface area contributed by atoms with Crippen molar-refractivity contribution < 1.29 is 33.0 Å². The molecule has 0 radical (unpaired) electrons.